The van der Waals surface area contributed by atoms with Crippen molar-refractivity contribution < 1.29 is 0 Å². The van der Waals surface area contributed by atoms with Gasteiger partial charge in [-0.25, -0.2) is 19.9 Å². The number of hydrogen-bond acceptors (Lipinski definition) is 5. The molecule has 5 heterocycles. The number of nitrogens with zero attached hydrogens (tertiary/aromatic N) is 4. The van der Waals surface area contributed by atoms with Crippen LogP contribution in [0.1, 0.15) is 5.56 Å². The van der Waals surface area contributed by atoms with E-state index in [-0.39, 0.29) is 0 Å². The fraction of sp³-hybridized carbons (Fsp3) is 0.0204. The summed E-state index contributed by atoms with van der Waals surface area (Å²) in [6.45, 7) is 0.818. The number of pyridine rings is 4. The molecule has 54 heavy (non-hydrogen) atoms. The number of fused-ring (bicyclic) bond motifs is 7. The van der Waals surface area contributed by atoms with Gasteiger partial charge in [-0.15, -0.1) is 0 Å². The van der Waals surface area contributed by atoms with Crippen molar-refractivity contribution in [2.24, 2.45) is 0 Å². The molecule has 4 aromatic heterocycles. The minimum absolute atomic E-state index is 0.818. The molecule has 0 spiro atoms. The molecule has 6 aromatic carbocycles. The van der Waals surface area contributed by atoms with E-state index in [4.69, 9.17) is 19.9 Å². The topological polar surface area (TPSA) is 63.6 Å². The quantitative estimate of drug-likeness (QED) is 0.199. The average Bonchev–Trinajstić information content (AvgIpc) is 3.24. The monoisotopic (exact) mass is 689 g/mol. The summed E-state index contributed by atoms with van der Waals surface area (Å²) in [4.78, 5) is 20.2. The highest BCUT2D eigenvalue weighted by Gasteiger charge is 2.13. The third kappa shape index (κ3) is 5.25. The fourth-order valence-corrected chi connectivity index (χ4v) is 7.71. The van der Waals surface area contributed by atoms with Crippen LogP contribution in [0.5, 0.6) is 0 Å². The molecule has 1 aliphatic heterocycles. The fourth-order valence-electron chi connectivity index (χ4n) is 7.71. The van der Waals surface area contributed by atoms with E-state index >= 15 is 0 Å². The third-order valence-corrected chi connectivity index (χ3v) is 10.6. The summed E-state index contributed by atoms with van der Waals surface area (Å²) < 4.78 is 0. The van der Waals surface area contributed by atoms with Gasteiger partial charge in [-0.05, 0) is 82.1 Å². The minimum Gasteiger partial charge on any atom is -0.379 e. The Labute approximate surface area is 311 Å². The van der Waals surface area contributed by atoms with Crippen LogP contribution in [0, 0.1) is 0 Å². The smallest absolute Gasteiger partial charge is 0.0947 e. The summed E-state index contributed by atoms with van der Waals surface area (Å²) in [5.74, 6) is 0. The maximum absolute atomic E-state index is 5.16. The Hall–Kier alpha value is -7.24. The second-order valence-electron chi connectivity index (χ2n) is 14.0. The normalized spacial score (nSPS) is 12.4. The average molecular weight is 690 g/mol. The number of aromatic nitrogens is 4. The molecule has 0 fully saturated rings. The van der Waals surface area contributed by atoms with Crippen molar-refractivity contribution in [3.63, 3.8) is 0 Å². The third-order valence-electron chi connectivity index (χ3n) is 10.6. The van der Waals surface area contributed by atoms with Gasteiger partial charge in [0.2, 0.25) is 0 Å². The Morgan fingerprint density at radius 1 is 0.370 bits per heavy atom. The number of benzene rings is 6. The summed E-state index contributed by atoms with van der Waals surface area (Å²) in [7, 11) is 0. The van der Waals surface area contributed by atoms with Crippen LogP contribution in [0.25, 0.3) is 105 Å². The van der Waals surface area contributed by atoms with Gasteiger partial charge in [0.25, 0.3) is 0 Å². The summed E-state index contributed by atoms with van der Waals surface area (Å²) in [5, 5.41) is 10.3. The maximum atomic E-state index is 5.16. The lowest BCUT2D eigenvalue weighted by atomic mass is 9.99. The summed E-state index contributed by atoms with van der Waals surface area (Å²) in [6, 6.07) is 55.5. The molecule has 252 valence electrons. The van der Waals surface area contributed by atoms with Gasteiger partial charge in [-0.3, -0.25) is 0 Å². The first-order valence-electron chi connectivity index (χ1n) is 18.3. The van der Waals surface area contributed by atoms with Crippen LogP contribution in [0.4, 0.5) is 5.69 Å². The molecular weight excluding hydrogens is 659 g/mol. The van der Waals surface area contributed by atoms with E-state index in [1.165, 1.54) is 16.3 Å². The molecule has 5 nitrogen and oxygen atoms in total. The number of hydrogen-bond donors (Lipinski definition) is 1. The predicted molar refractivity (Wildman–Crippen MR) is 224 cm³/mol. The largest absolute Gasteiger partial charge is 0.379 e. The van der Waals surface area contributed by atoms with Crippen molar-refractivity contribution in [1.82, 2.24) is 19.9 Å². The van der Waals surface area contributed by atoms with Crippen LogP contribution in [0.3, 0.4) is 0 Å². The molecule has 0 aliphatic carbocycles. The molecule has 0 atom stereocenters. The number of anilines is 1. The Bertz CT molecular complexity index is 3180. The first-order chi connectivity index (χ1) is 26.7. The van der Waals surface area contributed by atoms with Crippen LogP contribution in [-0.2, 0) is 0 Å². The lowest BCUT2D eigenvalue weighted by Crippen LogP contribution is -2.05. The Balaban J connectivity index is 0.905. The molecule has 10 aromatic rings. The van der Waals surface area contributed by atoms with Gasteiger partial charge in [0.15, 0.2) is 0 Å². The first-order valence-corrected chi connectivity index (χ1v) is 18.3. The zero-order valence-electron chi connectivity index (χ0n) is 29.2. The predicted octanol–water partition coefficient (Wildman–Crippen LogP) is 12.1. The summed E-state index contributed by atoms with van der Waals surface area (Å²) in [5.41, 5.74) is 14.2. The first kappa shape index (κ1) is 30.4. The molecule has 0 unspecified atom stereocenters. The highest BCUT2D eigenvalue weighted by Crippen LogP contribution is 2.34. The van der Waals surface area contributed by atoms with Crippen LogP contribution >= 0.6 is 0 Å². The van der Waals surface area contributed by atoms with Gasteiger partial charge in [-0.1, -0.05) is 115 Å². The van der Waals surface area contributed by atoms with E-state index in [0.29, 0.717) is 0 Å². The molecular formula is C49H31N5. The molecule has 0 radical (unpaired) electrons. The van der Waals surface area contributed by atoms with Gasteiger partial charge in [0.05, 0.1) is 50.5 Å². The Kier molecular flexibility index (Phi) is 6.85. The minimum atomic E-state index is 0.818. The Morgan fingerprint density at radius 2 is 0.870 bits per heavy atom. The zero-order valence-corrected chi connectivity index (χ0v) is 29.2. The van der Waals surface area contributed by atoms with Crippen molar-refractivity contribution >= 4 is 66.1 Å². The molecule has 0 saturated heterocycles. The lowest BCUT2D eigenvalue weighted by molar-refractivity contribution is 1.30. The summed E-state index contributed by atoms with van der Waals surface area (Å²) in [6.07, 6.45) is 4.31. The number of para-hydroxylation sites is 1. The highest BCUT2D eigenvalue weighted by molar-refractivity contribution is 5.98. The SMILES string of the molecule is C1=Cc2ccc3ccc(-c4ccc5cc(-c6ccc7ccc(-c8ccc9ccc(-c%10ccc%11ccccc%11n%10)nc9c8)cc7n6)ccc5c4)nc3c2NC1. The van der Waals surface area contributed by atoms with Gasteiger partial charge < -0.3 is 5.32 Å². The molecule has 0 amide bonds. The van der Waals surface area contributed by atoms with Crippen LogP contribution < -0.4 is 5.32 Å². The van der Waals surface area contributed by atoms with E-state index in [1.807, 2.05) is 24.3 Å². The zero-order chi connectivity index (χ0) is 35.6. The van der Waals surface area contributed by atoms with Crippen LogP contribution in [0.2, 0.25) is 0 Å². The van der Waals surface area contributed by atoms with E-state index < -0.39 is 0 Å². The molecule has 1 aliphatic rings. The second-order valence-corrected chi connectivity index (χ2v) is 14.0. The van der Waals surface area contributed by atoms with Crippen molar-refractivity contribution in [3.8, 4) is 45.0 Å². The van der Waals surface area contributed by atoms with E-state index in [1.54, 1.807) is 0 Å². The van der Waals surface area contributed by atoms with Gasteiger partial charge >= 0.3 is 0 Å². The van der Waals surface area contributed by atoms with E-state index in [9.17, 15) is 0 Å². The Morgan fingerprint density at radius 3 is 1.57 bits per heavy atom. The number of rotatable bonds is 4. The van der Waals surface area contributed by atoms with Crippen molar-refractivity contribution in [1.29, 1.82) is 0 Å². The highest BCUT2D eigenvalue weighted by atomic mass is 14.9. The number of nitrogens with one attached hydrogen (secondary N) is 1. The standard InChI is InChI=1S/C49H31N5/c1-2-6-41-30(4-1)18-23-44(51-41)45-24-19-32-8-12-38(29-47(32)53-45)37-11-7-31-17-21-42(52-46(31)28-37)39-15-13-36-27-40(16-14-35(36)26-39)43-22-20-34-10-9-33-5-3-25-50-48(33)49(34)54-43/h1-24,26-29,50H,25H2. The second kappa shape index (κ2) is 12.2. The lowest BCUT2D eigenvalue weighted by Gasteiger charge is -2.16. The molecule has 5 heteroatoms. The molecule has 1 N–H and O–H groups in total. The van der Waals surface area contributed by atoms with Crippen molar-refractivity contribution in [2.75, 3.05) is 11.9 Å². The molecule has 0 saturated carbocycles. The van der Waals surface area contributed by atoms with Gasteiger partial charge in [0.1, 0.15) is 0 Å². The van der Waals surface area contributed by atoms with Gasteiger partial charge in [-0.2, -0.15) is 0 Å². The molecule has 0 bridgehead atoms. The van der Waals surface area contributed by atoms with Gasteiger partial charge in [0, 0.05) is 39.2 Å². The summed E-state index contributed by atoms with van der Waals surface area (Å²) >= 11 is 0. The van der Waals surface area contributed by atoms with Crippen LogP contribution in [0.15, 0.2) is 164 Å². The molecule has 11 rings (SSSR count). The van der Waals surface area contributed by atoms with Crippen LogP contribution in [-0.4, -0.2) is 26.5 Å². The van der Waals surface area contributed by atoms with E-state index in [2.05, 4.69) is 151 Å². The van der Waals surface area contributed by atoms with E-state index in [0.717, 1.165) is 101 Å². The maximum Gasteiger partial charge on any atom is 0.0947 e. The van der Waals surface area contributed by atoms with Crippen molar-refractivity contribution in [3.05, 3.63) is 169 Å². The van der Waals surface area contributed by atoms with Crippen molar-refractivity contribution in [2.45, 2.75) is 0 Å².